The van der Waals surface area contributed by atoms with Crippen LogP contribution in [0.3, 0.4) is 0 Å². The summed E-state index contributed by atoms with van der Waals surface area (Å²) < 4.78 is 0. The summed E-state index contributed by atoms with van der Waals surface area (Å²) in [4.78, 5) is 12.4. The molecule has 6 heteroatoms. The number of carbonyl (C=O) groups is 1. The Bertz CT molecular complexity index is 1190. The molecule has 4 aromatic rings. The van der Waals surface area contributed by atoms with Crippen molar-refractivity contribution in [1.29, 1.82) is 0 Å². The maximum Gasteiger partial charge on any atom is 0.251 e. The van der Waals surface area contributed by atoms with Crippen molar-refractivity contribution in [2.75, 3.05) is 6.54 Å². The average molecular weight is 464 g/mol. The molecule has 0 aliphatic heterocycles. The Hall–Kier alpha value is -3.08. The highest BCUT2D eigenvalue weighted by Crippen LogP contribution is 2.31. The Morgan fingerprint density at radius 2 is 1.69 bits per heavy atom. The quantitative estimate of drug-likeness (QED) is 0.282. The van der Waals surface area contributed by atoms with E-state index in [0.29, 0.717) is 22.2 Å². The van der Waals surface area contributed by atoms with Gasteiger partial charge in [-0.1, -0.05) is 65.7 Å². The van der Waals surface area contributed by atoms with Gasteiger partial charge in [0.25, 0.3) is 5.91 Å². The van der Waals surface area contributed by atoms with Crippen LogP contribution in [0.4, 0.5) is 0 Å². The van der Waals surface area contributed by atoms with E-state index in [1.807, 2.05) is 42.5 Å². The van der Waals surface area contributed by atoms with E-state index >= 15 is 0 Å². The van der Waals surface area contributed by atoms with E-state index in [9.17, 15) is 4.79 Å². The van der Waals surface area contributed by atoms with Gasteiger partial charge in [0.15, 0.2) is 0 Å². The van der Waals surface area contributed by atoms with Crippen molar-refractivity contribution < 1.29 is 4.79 Å². The van der Waals surface area contributed by atoms with Crippen molar-refractivity contribution in [1.82, 2.24) is 15.5 Å². The van der Waals surface area contributed by atoms with Crippen LogP contribution in [0.1, 0.15) is 28.8 Å². The molecule has 0 spiro atoms. The summed E-state index contributed by atoms with van der Waals surface area (Å²) in [7, 11) is 0. The number of benzene rings is 3. The zero-order valence-electron chi connectivity index (χ0n) is 17.4. The van der Waals surface area contributed by atoms with Gasteiger partial charge in [-0.2, -0.15) is 5.10 Å². The first-order chi connectivity index (χ1) is 15.6. The number of H-pyrrole nitrogens is 1. The normalized spacial score (nSPS) is 10.8. The van der Waals surface area contributed by atoms with Crippen molar-refractivity contribution >= 4 is 29.1 Å². The van der Waals surface area contributed by atoms with E-state index < -0.39 is 0 Å². The molecule has 0 atom stereocenters. The zero-order valence-corrected chi connectivity index (χ0v) is 19.0. The van der Waals surface area contributed by atoms with Crippen molar-refractivity contribution in [2.45, 2.75) is 19.3 Å². The molecule has 2 N–H and O–H groups in total. The van der Waals surface area contributed by atoms with E-state index in [4.69, 9.17) is 23.2 Å². The van der Waals surface area contributed by atoms with E-state index in [2.05, 4.69) is 39.8 Å². The van der Waals surface area contributed by atoms with Crippen molar-refractivity contribution in [3.63, 3.8) is 0 Å². The molecule has 0 aliphatic rings. The lowest BCUT2D eigenvalue weighted by atomic mass is 10.1. The number of hydrogen-bond acceptors (Lipinski definition) is 2. The molecule has 4 rings (SSSR count). The van der Waals surface area contributed by atoms with Crippen molar-refractivity contribution in [3.05, 3.63) is 100 Å². The van der Waals surface area contributed by atoms with Crippen LogP contribution in [0.2, 0.25) is 10.0 Å². The molecule has 0 aliphatic carbocycles. The number of aromatic amines is 1. The first-order valence-corrected chi connectivity index (χ1v) is 11.3. The number of aryl methyl sites for hydroxylation is 1. The lowest BCUT2D eigenvalue weighted by Crippen LogP contribution is -2.24. The van der Waals surface area contributed by atoms with Gasteiger partial charge in [0.1, 0.15) is 0 Å². The Balaban J connectivity index is 1.31. The fourth-order valence-electron chi connectivity index (χ4n) is 3.51. The lowest BCUT2D eigenvalue weighted by Gasteiger charge is -2.06. The Labute approximate surface area is 197 Å². The topological polar surface area (TPSA) is 57.8 Å². The fraction of sp³-hybridized carbons (Fsp3) is 0.154. The summed E-state index contributed by atoms with van der Waals surface area (Å²) in [5.41, 5.74) is 5.29. The number of unbranched alkanes of at least 4 members (excludes halogenated alkanes) is 1. The largest absolute Gasteiger partial charge is 0.352 e. The van der Waals surface area contributed by atoms with Gasteiger partial charge >= 0.3 is 0 Å². The van der Waals surface area contributed by atoms with Gasteiger partial charge in [0.05, 0.1) is 16.4 Å². The monoisotopic (exact) mass is 463 g/mol. The molecule has 0 saturated heterocycles. The van der Waals surface area contributed by atoms with Crippen molar-refractivity contribution in [3.8, 4) is 22.5 Å². The number of rotatable bonds is 8. The SMILES string of the molecule is O=C(NCCCCc1ccccc1)c1ccc(-c2cc(-c3ccc(Cl)cc3Cl)[nH]n2)cc1. The van der Waals surface area contributed by atoms with Gasteiger partial charge in [-0.25, -0.2) is 0 Å². The summed E-state index contributed by atoms with van der Waals surface area (Å²) in [6.45, 7) is 0.665. The molecular formula is C26H23Cl2N3O. The highest BCUT2D eigenvalue weighted by molar-refractivity contribution is 6.36. The minimum atomic E-state index is -0.0630. The fourth-order valence-corrected chi connectivity index (χ4v) is 4.02. The Morgan fingerprint density at radius 3 is 2.44 bits per heavy atom. The van der Waals surface area contributed by atoms with Crippen LogP contribution in [0.15, 0.2) is 78.9 Å². The second-order valence-corrected chi connectivity index (χ2v) is 8.41. The number of amides is 1. The third kappa shape index (κ3) is 5.58. The van der Waals surface area contributed by atoms with Crippen LogP contribution in [-0.4, -0.2) is 22.6 Å². The molecular weight excluding hydrogens is 441 g/mol. The molecule has 3 aromatic carbocycles. The second kappa shape index (κ2) is 10.5. The van der Waals surface area contributed by atoms with Gasteiger partial charge < -0.3 is 5.32 Å². The minimum Gasteiger partial charge on any atom is -0.352 e. The molecule has 1 aromatic heterocycles. The van der Waals surface area contributed by atoms with Crippen LogP contribution in [0, 0.1) is 0 Å². The summed E-state index contributed by atoms with van der Waals surface area (Å²) in [5, 5.41) is 11.5. The highest BCUT2D eigenvalue weighted by atomic mass is 35.5. The van der Waals surface area contributed by atoms with Gasteiger partial charge in [0.2, 0.25) is 0 Å². The van der Waals surface area contributed by atoms with E-state index in [0.717, 1.165) is 41.8 Å². The van der Waals surface area contributed by atoms with E-state index in [-0.39, 0.29) is 5.91 Å². The lowest BCUT2D eigenvalue weighted by molar-refractivity contribution is 0.0953. The van der Waals surface area contributed by atoms with Crippen molar-refractivity contribution in [2.24, 2.45) is 0 Å². The summed E-state index contributed by atoms with van der Waals surface area (Å²) in [5.74, 6) is -0.0630. The molecule has 1 amide bonds. The third-order valence-electron chi connectivity index (χ3n) is 5.26. The molecule has 0 fully saturated rings. The number of aromatic nitrogens is 2. The summed E-state index contributed by atoms with van der Waals surface area (Å²) >= 11 is 12.3. The number of halogens is 2. The maximum absolute atomic E-state index is 12.4. The Kier molecular flexibility index (Phi) is 7.25. The molecule has 0 unspecified atom stereocenters. The molecule has 4 nitrogen and oxygen atoms in total. The van der Waals surface area contributed by atoms with Crippen LogP contribution < -0.4 is 5.32 Å². The minimum absolute atomic E-state index is 0.0630. The van der Waals surface area contributed by atoms with Gasteiger partial charge in [-0.3, -0.25) is 9.89 Å². The number of carbonyl (C=O) groups excluding carboxylic acids is 1. The Morgan fingerprint density at radius 1 is 0.906 bits per heavy atom. The molecule has 0 radical (unpaired) electrons. The van der Waals surface area contributed by atoms with Gasteiger partial charge in [-0.15, -0.1) is 0 Å². The molecule has 1 heterocycles. The van der Waals surface area contributed by atoms with E-state index in [1.54, 1.807) is 12.1 Å². The standard InChI is InChI=1S/C26H23Cl2N3O/c27-21-13-14-22(23(28)16-21)25-17-24(30-31-25)19-9-11-20(12-10-19)26(32)29-15-5-4-8-18-6-2-1-3-7-18/h1-3,6-7,9-14,16-17H,4-5,8,15H2,(H,29,32)(H,30,31). The average Bonchev–Trinajstić information content (AvgIpc) is 3.29. The predicted octanol–water partition coefficient (Wildman–Crippen LogP) is 6.80. The molecule has 0 saturated carbocycles. The first kappa shape index (κ1) is 22.1. The maximum atomic E-state index is 12.4. The first-order valence-electron chi connectivity index (χ1n) is 10.5. The van der Waals surface area contributed by atoms with Gasteiger partial charge in [-0.05, 0) is 61.2 Å². The van der Waals surface area contributed by atoms with Crippen LogP contribution in [0.25, 0.3) is 22.5 Å². The zero-order chi connectivity index (χ0) is 22.3. The molecule has 162 valence electrons. The van der Waals surface area contributed by atoms with Gasteiger partial charge in [0, 0.05) is 28.3 Å². The number of hydrogen-bond donors (Lipinski definition) is 2. The third-order valence-corrected chi connectivity index (χ3v) is 5.81. The molecule has 0 bridgehead atoms. The van der Waals surface area contributed by atoms with Crippen LogP contribution >= 0.6 is 23.2 Å². The van der Waals surface area contributed by atoms with Crippen LogP contribution in [0.5, 0.6) is 0 Å². The molecule has 32 heavy (non-hydrogen) atoms. The predicted molar refractivity (Wildman–Crippen MR) is 131 cm³/mol. The summed E-state index contributed by atoms with van der Waals surface area (Å²) in [6.07, 6.45) is 3.02. The second-order valence-electron chi connectivity index (χ2n) is 7.57. The summed E-state index contributed by atoms with van der Waals surface area (Å²) in [6, 6.07) is 25.1. The highest BCUT2D eigenvalue weighted by Gasteiger charge is 2.11. The van der Waals surface area contributed by atoms with E-state index in [1.165, 1.54) is 5.56 Å². The smallest absolute Gasteiger partial charge is 0.251 e. The van der Waals surface area contributed by atoms with Crippen LogP contribution in [-0.2, 0) is 6.42 Å². The number of nitrogens with zero attached hydrogens (tertiary/aromatic N) is 1. The number of nitrogens with one attached hydrogen (secondary N) is 2.